The molecular formula is C19H22F2N4O4S. The highest BCUT2D eigenvalue weighted by molar-refractivity contribution is 7.89. The Hall–Kier alpha value is -2.40. The Morgan fingerprint density at radius 2 is 2.13 bits per heavy atom. The third-order valence-corrected chi connectivity index (χ3v) is 7.46. The Bertz CT molecular complexity index is 1090. The summed E-state index contributed by atoms with van der Waals surface area (Å²) in [6, 6.07) is 2.74. The monoisotopic (exact) mass is 440 g/mol. The highest BCUT2D eigenvalue weighted by Crippen LogP contribution is 2.50. The SMILES string of the molecule is CCS(=O)(=O)NC1CC2CN(C(=O)c3ccc(F)c(F)c3)CC2(c2nc(C)no2)C1. The van der Waals surface area contributed by atoms with Gasteiger partial charge in [-0.25, -0.2) is 21.9 Å². The highest BCUT2D eigenvalue weighted by atomic mass is 32.2. The fraction of sp³-hybridized carbons (Fsp3) is 0.526. The van der Waals surface area contributed by atoms with Gasteiger partial charge in [0.15, 0.2) is 17.5 Å². The molecule has 1 amide bonds. The first-order valence-corrected chi connectivity index (χ1v) is 11.3. The Kier molecular flexibility index (Phi) is 5.13. The van der Waals surface area contributed by atoms with Crippen LogP contribution in [0.5, 0.6) is 0 Å². The number of rotatable bonds is 5. The minimum Gasteiger partial charge on any atom is -0.339 e. The predicted molar refractivity (Wildman–Crippen MR) is 102 cm³/mol. The van der Waals surface area contributed by atoms with Crippen molar-refractivity contribution in [2.75, 3.05) is 18.8 Å². The van der Waals surface area contributed by atoms with Crippen molar-refractivity contribution in [1.29, 1.82) is 0 Å². The fourth-order valence-electron chi connectivity index (χ4n) is 4.60. The van der Waals surface area contributed by atoms with Crippen LogP contribution in [0, 0.1) is 24.5 Å². The number of hydrogen-bond acceptors (Lipinski definition) is 6. The number of halogens is 2. The van der Waals surface area contributed by atoms with Gasteiger partial charge in [-0.15, -0.1) is 0 Å². The Morgan fingerprint density at radius 1 is 1.37 bits per heavy atom. The van der Waals surface area contributed by atoms with Gasteiger partial charge < -0.3 is 9.42 Å². The van der Waals surface area contributed by atoms with Crippen LogP contribution in [-0.4, -0.2) is 54.2 Å². The number of fused-ring (bicyclic) bond motifs is 1. The molecule has 8 nitrogen and oxygen atoms in total. The van der Waals surface area contributed by atoms with Crippen LogP contribution in [0.3, 0.4) is 0 Å². The van der Waals surface area contributed by atoms with Crippen LogP contribution >= 0.6 is 0 Å². The van der Waals surface area contributed by atoms with Gasteiger partial charge in [0, 0.05) is 24.7 Å². The van der Waals surface area contributed by atoms with Crippen molar-refractivity contribution >= 4 is 15.9 Å². The highest BCUT2D eigenvalue weighted by Gasteiger charge is 2.58. The van der Waals surface area contributed by atoms with E-state index in [0.717, 1.165) is 12.1 Å². The van der Waals surface area contributed by atoms with Crippen molar-refractivity contribution < 1.29 is 26.5 Å². The van der Waals surface area contributed by atoms with Gasteiger partial charge in [-0.3, -0.25) is 4.79 Å². The normalized spacial score (nSPS) is 26.2. The van der Waals surface area contributed by atoms with Gasteiger partial charge in [0.2, 0.25) is 15.9 Å². The van der Waals surface area contributed by atoms with Gasteiger partial charge in [0.25, 0.3) is 5.91 Å². The van der Waals surface area contributed by atoms with Crippen molar-refractivity contribution in [2.24, 2.45) is 5.92 Å². The van der Waals surface area contributed by atoms with Crippen molar-refractivity contribution in [3.05, 3.63) is 47.1 Å². The first-order valence-electron chi connectivity index (χ1n) is 9.68. The summed E-state index contributed by atoms with van der Waals surface area (Å²) in [5, 5.41) is 3.86. The number of carbonyl (C=O) groups is 1. The summed E-state index contributed by atoms with van der Waals surface area (Å²) < 4.78 is 59.1. The maximum atomic E-state index is 13.6. The molecule has 2 heterocycles. The summed E-state index contributed by atoms with van der Waals surface area (Å²) in [5.41, 5.74) is -0.648. The number of carbonyl (C=O) groups excluding carboxylic acids is 1. The largest absolute Gasteiger partial charge is 0.339 e. The van der Waals surface area contributed by atoms with E-state index in [9.17, 15) is 22.0 Å². The maximum absolute atomic E-state index is 13.6. The molecule has 1 aromatic heterocycles. The molecule has 2 fully saturated rings. The molecule has 1 aliphatic heterocycles. The molecule has 1 saturated carbocycles. The Morgan fingerprint density at radius 3 is 2.77 bits per heavy atom. The lowest BCUT2D eigenvalue weighted by molar-refractivity contribution is 0.0772. The van der Waals surface area contributed by atoms with Crippen molar-refractivity contribution in [1.82, 2.24) is 19.8 Å². The van der Waals surface area contributed by atoms with Crippen molar-refractivity contribution in [3.8, 4) is 0 Å². The second-order valence-electron chi connectivity index (χ2n) is 7.97. The maximum Gasteiger partial charge on any atom is 0.254 e. The van der Waals surface area contributed by atoms with Gasteiger partial charge in [0.1, 0.15) is 0 Å². The van der Waals surface area contributed by atoms with E-state index in [0.29, 0.717) is 31.1 Å². The quantitative estimate of drug-likeness (QED) is 0.760. The summed E-state index contributed by atoms with van der Waals surface area (Å²) in [6.45, 7) is 3.80. The van der Waals surface area contributed by atoms with Crippen LogP contribution in [0.1, 0.15) is 41.8 Å². The zero-order valence-electron chi connectivity index (χ0n) is 16.6. The van der Waals surface area contributed by atoms with E-state index in [1.54, 1.807) is 18.7 Å². The molecule has 2 aliphatic rings. The lowest BCUT2D eigenvalue weighted by atomic mass is 9.80. The lowest BCUT2D eigenvalue weighted by Crippen LogP contribution is -2.40. The average Bonchev–Trinajstić information content (AvgIpc) is 3.35. The second kappa shape index (κ2) is 7.38. The zero-order chi connectivity index (χ0) is 21.7. The summed E-state index contributed by atoms with van der Waals surface area (Å²) in [6.07, 6.45) is 0.905. The molecule has 3 unspecified atom stereocenters. The molecule has 4 rings (SSSR count). The standard InChI is InChI=1S/C19H22F2N4O4S/c1-3-30(27,28)24-14-7-13-9-25(17(26)12-4-5-15(20)16(21)6-12)10-19(13,8-14)18-22-11(2)23-29-18/h4-6,13-14,24H,3,7-10H2,1-2H3. The molecular weight excluding hydrogens is 418 g/mol. The molecule has 2 aromatic rings. The number of hydrogen-bond donors (Lipinski definition) is 1. The smallest absolute Gasteiger partial charge is 0.254 e. The number of benzene rings is 1. The predicted octanol–water partition coefficient (Wildman–Crippen LogP) is 1.77. The minimum atomic E-state index is -3.39. The van der Waals surface area contributed by atoms with Crippen LogP contribution in [-0.2, 0) is 15.4 Å². The average molecular weight is 440 g/mol. The zero-order valence-corrected chi connectivity index (χ0v) is 17.4. The molecule has 0 radical (unpaired) electrons. The number of nitrogens with one attached hydrogen (secondary N) is 1. The molecule has 1 aromatic carbocycles. The number of likely N-dealkylation sites (tertiary alicyclic amines) is 1. The topological polar surface area (TPSA) is 105 Å². The number of aromatic nitrogens is 2. The van der Waals surface area contributed by atoms with Gasteiger partial charge >= 0.3 is 0 Å². The molecule has 162 valence electrons. The number of amides is 1. The van der Waals surface area contributed by atoms with Gasteiger partial charge in [-0.2, -0.15) is 4.98 Å². The van der Waals surface area contributed by atoms with E-state index in [4.69, 9.17) is 4.52 Å². The summed E-state index contributed by atoms with van der Waals surface area (Å²) in [4.78, 5) is 18.9. The lowest BCUT2D eigenvalue weighted by Gasteiger charge is -2.25. The van der Waals surface area contributed by atoms with Crippen molar-refractivity contribution in [2.45, 2.75) is 38.1 Å². The van der Waals surface area contributed by atoms with E-state index in [2.05, 4.69) is 14.9 Å². The first kappa shape index (κ1) is 20.9. The van der Waals surface area contributed by atoms with Gasteiger partial charge in [0.05, 0.1) is 11.2 Å². The molecule has 1 saturated heterocycles. The van der Waals surface area contributed by atoms with Crippen LogP contribution in [0.4, 0.5) is 8.78 Å². The number of aryl methyl sites for hydroxylation is 1. The number of nitrogens with zero attached hydrogens (tertiary/aromatic N) is 3. The summed E-state index contributed by atoms with van der Waals surface area (Å²) in [7, 11) is -3.39. The van der Waals surface area contributed by atoms with Gasteiger partial charge in [-0.05, 0) is 50.8 Å². The molecule has 0 spiro atoms. The number of sulfonamides is 1. The van der Waals surface area contributed by atoms with Crippen molar-refractivity contribution in [3.63, 3.8) is 0 Å². The van der Waals surface area contributed by atoms with Crippen LogP contribution in [0.25, 0.3) is 0 Å². The van der Waals surface area contributed by atoms with Crippen LogP contribution in [0.2, 0.25) is 0 Å². The molecule has 11 heteroatoms. The molecule has 0 bridgehead atoms. The molecule has 1 aliphatic carbocycles. The summed E-state index contributed by atoms with van der Waals surface area (Å²) >= 11 is 0. The minimum absolute atomic E-state index is 0.0262. The van der Waals surface area contributed by atoms with Gasteiger partial charge in [-0.1, -0.05) is 5.16 Å². The van der Waals surface area contributed by atoms with E-state index in [1.807, 2.05) is 0 Å². The molecule has 1 N–H and O–H groups in total. The molecule has 30 heavy (non-hydrogen) atoms. The first-order chi connectivity index (χ1) is 14.1. The third kappa shape index (κ3) is 3.60. The third-order valence-electron chi connectivity index (χ3n) is 6.01. The summed E-state index contributed by atoms with van der Waals surface area (Å²) in [5.74, 6) is -1.86. The van der Waals surface area contributed by atoms with E-state index in [-0.39, 0.29) is 29.8 Å². The molecule has 3 atom stereocenters. The van der Waals surface area contributed by atoms with Crippen LogP contribution in [0.15, 0.2) is 22.7 Å². The van der Waals surface area contributed by atoms with E-state index in [1.165, 1.54) is 6.07 Å². The van der Waals surface area contributed by atoms with E-state index < -0.39 is 33.0 Å². The van der Waals surface area contributed by atoms with Crippen LogP contribution < -0.4 is 4.72 Å². The Balaban J connectivity index is 1.62. The second-order valence-corrected chi connectivity index (χ2v) is 10.0. The van der Waals surface area contributed by atoms with E-state index >= 15 is 0 Å². The fourth-order valence-corrected chi connectivity index (χ4v) is 5.45. The Labute approximate surface area is 172 Å².